The lowest BCUT2D eigenvalue weighted by Crippen LogP contribution is -2.52. The number of carbonyl (C=O) groups is 2. The molecule has 34 heavy (non-hydrogen) atoms. The highest BCUT2D eigenvalue weighted by Gasteiger charge is 2.31. The number of likely N-dealkylation sites (tertiary alicyclic amines) is 1. The molecule has 0 unspecified atom stereocenters. The largest absolute Gasteiger partial charge is 0.444 e. The van der Waals surface area contributed by atoms with E-state index in [0.717, 1.165) is 18.4 Å². The second-order valence-electron chi connectivity index (χ2n) is 9.80. The average Bonchev–Trinajstić information content (AvgIpc) is 2.79. The highest BCUT2D eigenvalue weighted by Crippen LogP contribution is 2.31. The number of hydrogen-bond donors (Lipinski definition) is 2. The molecule has 1 aliphatic rings. The molecule has 0 bridgehead atoms. The lowest BCUT2D eigenvalue weighted by atomic mass is 9.85. The Balaban J connectivity index is 1.69. The minimum absolute atomic E-state index is 0.108. The van der Waals surface area contributed by atoms with Gasteiger partial charge in [0, 0.05) is 31.1 Å². The molecule has 1 fully saturated rings. The van der Waals surface area contributed by atoms with Crippen LogP contribution in [-0.4, -0.2) is 53.3 Å². The number of nitrogens with one attached hydrogen (secondary N) is 1. The number of carbonyl (C=O) groups excluding carboxylic acids is 2. The van der Waals surface area contributed by atoms with Crippen molar-refractivity contribution in [2.24, 2.45) is 0 Å². The van der Waals surface area contributed by atoms with Crippen molar-refractivity contribution in [3.05, 3.63) is 70.2 Å². The van der Waals surface area contributed by atoms with Crippen LogP contribution in [0.3, 0.4) is 0 Å². The van der Waals surface area contributed by atoms with Gasteiger partial charge in [-0.3, -0.25) is 4.79 Å². The van der Waals surface area contributed by atoms with E-state index in [1.54, 1.807) is 32.9 Å². The van der Waals surface area contributed by atoms with Gasteiger partial charge in [-0.15, -0.1) is 0 Å². The summed E-state index contributed by atoms with van der Waals surface area (Å²) in [5, 5.41) is 12.8. The van der Waals surface area contributed by atoms with E-state index >= 15 is 0 Å². The maximum Gasteiger partial charge on any atom is 0.408 e. The van der Waals surface area contributed by atoms with Crippen LogP contribution < -0.4 is 5.32 Å². The smallest absolute Gasteiger partial charge is 0.408 e. The number of ether oxygens (including phenoxy) is 1. The molecule has 0 radical (unpaired) electrons. The summed E-state index contributed by atoms with van der Waals surface area (Å²) in [6.07, 6.45) is 2.07. The minimum Gasteiger partial charge on any atom is -0.444 e. The Labute approximate surface area is 207 Å². The first-order valence-electron chi connectivity index (χ1n) is 11.9. The number of hydrogen-bond acceptors (Lipinski definition) is 4. The van der Waals surface area contributed by atoms with Crippen molar-refractivity contribution in [1.29, 1.82) is 0 Å². The Hall–Kier alpha value is -2.57. The van der Waals surface area contributed by atoms with Crippen LogP contribution in [0.15, 0.2) is 48.5 Å². The number of alkyl carbamates (subject to hydrolysis) is 1. The van der Waals surface area contributed by atoms with Gasteiger partial charge in [0.15, 0.2) is 0 Å². The zero-order valence-corrected chi connectivity index (χ0v) is 21.0. The fourth-order valence-corrected chi connectivity index (χ4v) is 4.54. The molecule has 1 heterocycles. The van der Waals surface area contributed by atoms with Crippen LogP contribution in [0, 0.1) is 0 Å². The topological polar surface area (TPSA) is 78.9 Å². The van der Waals surface area contributed by atoms with Crippen LogP contribution in [0.2, 0.25) is 5.02 Å². The van der Waals surface area contributed by atoms with Crippen LogP contribution in [0.5, 0.6) is 0 Å². The summed E-state index contributed by atoms with van der Waals surface area (Å²) in [6.45, 7) is 6.73. The summed E-state index contributed by atoms with van der Waals surface area (Å²) in [5.74, 6) is 0.239. The molecule has 1 saturated heterocycles. The van der Waals surface area contributed by atoms with Crippen LogP contribution in [0.1, 0.15) is 56.2 Å². The molecule has 0 spiro atoms. The molecular formula is C27H35ClN2O4. The lowest BCUT2D eigenvalue weighted by molar-refractivity contribution is -0.134. The number of halogens is 1. The van der Waals surface area contributed by atoms with Crippen molar-refractivity contribution < 1.29 is 19.4 Å². The summed E-state index contributed by atoms with van der Waals surface area (Å²) in [6, 6.07) is 14.8. The predicted molar refractivity (Wildman–Crippen MR) is 134 cm³/mol. The number of benzene rings is 2. The van der Waals surface area contributed by atoms with E-state index in [9.17, 15) is 14.7 Å². The Morgan fingerprint density at radius 3 is 2.38 bits per heavy atom. The molecule has 0 aliphatic carbocycles. The average molecular weight is 487 g/mol. The van der Waals surface area contributed by atoms with Gasteiger partial charge in [0.05, 0.1) is 0 Å². The third-order valence-corrected chi connectivity index (χ3v) is 6.28. The Bertz CT molecular complexity index is 963. The standard InChI is InChI=1S/C27H35ClN2O4/c1-27(2,3)34-26(33)29-24(18-19-8-10-22(28)11-9-19)25(32)30-15-12-21(13-16-30)23-7-5-4-6-20(23)14-17-31/h4-11,21,24,31H,12-18H2,1-3H3,(H,29,33)/t24-/m1/s1. The normalized spacial score (nSPS) is 15.6. The number of nitrogens with zero attached hydrogens (tertiary/aromatic N) is 1. The fraction of sp³-hybridized carbons (Fsp3) is 0.481. The molecule has 0 saturated carbocycles. The molecule has 184 valence electrons. The van der Waals surface area contributed by atoms with Gasteiger partial charge in [-0.25, -0.2) is 4.79 Å². The van der Waals surface area contributed by atoms with Gasteiger partial charge >= 0.3 is 6.09 Å². The van der Waals surface area contributed by atoms with Gasteiger partial charge in [0.25, 0.3) is 0 Å². The third kappa shape index (κ3) is 7.47. The molecule has 6 nitrogen and oxygen atoms in total. The number of aliphatic hydroxyl groups excluding tert-OH is 1. The first-order valence-corrected chi connectivity index (χ1v) is 12.3. The van der Waals surface area contributed by atoms with Crippen molar-refractivity contribution >= 4 is 23.6 Å². The van der Waals surface area contributed by atoms with Crippen LogP contribution in [0.25, 0.3) is 0 Å². The predicted octanol–water partition coefficient (Wildman–Crippen LogP) is 4.72. The van der Waals surface area contributed by atoms with Gasteiger partial charge in [0.1, 0.15) is 11.6 Å². The van der Waals surface area contributed by atoms with Crippen molar-refractivity contribution in [3.63, 3.8) is 0 Å². The Kier molecular flexibility index (Phi) is 8.97. The summed E-state index contributed by atoms with van der Waals surface area (Å²) < 4.78 is 5.41. The van der Waals surface area contributed by atoms with E-state index in [1.807, 2.05) is 29.2 Å². The SMILES string of the molecule is CC(C)(C)OC(=O)N[C@H](Cc1ccc(Cl)cc1)C(=O)N1CCC(c2ccccc2CCO)CC1. The number of rotatable bonds is 7. The van der Waals surface area contributed by atoms with Crippen molar-refractivity contribution in [2.75, 3.05) is 19.7 Å². The van der Waals surface area contributed by atoms with E-state index in [0.29, 0.717) is 36.9 Å². The van der Waals surface area contributed by atoms with Crippen LogP contribution in [-0.2, 0) is 22.4 Å². The van der Waals surface area contributed by atoms with E-state index in [4.69, 9.17) is 16.3 Å². The first kappa shape index (κ1) is 26.0. The molecule has 2 aromatic rings. The minimum atomic E-state index is -0.728. The second kappa shape index (κ2) is 11.7. The number of amides is 2. The monoisotopic (exact) mass is 486 g/mol. The van der Waals surface area contributed by atoms with Crippen LogP contribution >= 0.6 is 11.6 Å². The summed E-state index contributed by atoms with van der Waals surface area (Å²) >= 11 is 6.01. The quantitative estimate of drug-likeness (QED) is 0.593. The molecule has 0 aromatic heterocycles. The zero-order valence-electron chi connectivity index (χ0n) is 20.2. The summed E-state index contributed by atoms with van der Waals surface area (Å²) in [5.41, 5.74) is 2.68. The van der Waals surface area contributed by atoms with Crippen molar-refractivity contribution in [3.8, 4) is 0 Å². The molecule has 2 N–H and O–H groups in total. The van der Waals surface area contributed by atoms with Gasteiger partial charge < -0.3 is 20.1 Å². The summed E-state index contributed by atoms with van der Waals surface area (Å²) in [7, 11) is 0. The number of aliphatic hydroxyl groups is 1. The van der Waals surface area contributed by atoms with Gasteiger partial charge in [0.2, 0.25) is 5.91 Å². The molecule has 2 aromatic carbocycles. The third-order valence-electron chi connectivity index (χ3n) is 6.02. The fourth-order valence-electron chi connectivity index (χ4n) is 4.42. The van der Waals surface area contributed by atoms with E-state index in [-0.39, 0.29) is 12.5 Å². The maximum absolute atomic E-state index is 13.5. The van der Waals surface area contributed by atoms with E-state index in [2.05, 4.69) is 17.4 Å². The maximum atomic E-state index is 13.5. The Morgan fingerprint density at radius 2 is 1.76 bits per heavy atom. The van der Waals surface area contributed by atoms with E-state index < -0.39 is 17.7 Å². The summed E-state index contributed by atoms with van der Waals surface area (Å²) in [4.78, 5) is 27.8. The first-order chi connectivity index (χ1) is 16.2. The van der Waals surface area contributed by atoms with Gasteiger partial charge in [-0.05, 0) is 74.8 Å². The molecule has 7 heteroatoms. The molecule has 1 atom stereocenters. The van der Waals surface area contributed by atoms with Gasteiger partial charge in [-0.1, -0.05) is 48.0 Å². The number of piperidine rings is 1. The zero-order chi connectivity index (χ0) is 24.7. The lowest BCUT2D eigenvalue weighted by Gasteiger charge is -2.35. The van der Waals surface area contributed by atoms with Gasteiger partial charge in [-0.2, -0.15) is 0 Å². The second-order valence-corrected chi connectivity index (χ2v) is 10.2. The molecule has 3 rings (SSSR count). The molecule has 2 amide bonds. The molecule has 1 aliphatic heterocycles. The highest BCUT2D eigenvalue weighted by atomic mass is 35.5. The van der Waals surface area contributed by atoms with Crippen molar-refractivity contribution in [2.45, 2.75) is 64.0 Å². The molecular weight excluding hydrogens is 452 g/mol. The Morgan fingerprint density at radius 1 is 1.12 bits per heavy atom. The van der Waals surface area contributed by atoms with Crippen molar-refractivity contribution in [1.82, 2.24) is 10.2 Å². The highest BCUT2D eigenvalue weighted by molar-refractivity contribution is 6.30. The van der Waals surface area contributed by atoms with Crippen LogP contribution in [0.4, 0.5) is 4.79 Å². The van der Waals surface area contributed by atoms with E-state index in [1.165, 1.54) is 11.1 Å².